The molecule has 2 saturated heterocycles. The van der Waals surface area contributed by atoms with Crippen LogP contribution in [0.25, 0.3) is 0 Å². The number of hydrogen-bond donors (Lipinski definition) is 1. The molecule has 0 radical (unpaired) electrons. The van der Waals surface area contributed by atoms with Crippen molar-refractivity contribution >= 4 is 0 Å². The van der Waals surface area contributed by atoms with E-state index in [0.29, 0.717) is 12.1 Å². The zero-order chi connectivity index (χ0) is 13.0. The van der Waals surface area contributed by atoms with Crippen LogP contribution in [-0.2, 0) is 0 Å². The lowest BCUT2D eigenvalue weighted by molar-refractivity contribution is 0.144. The number of likely N-dealkylation sites (tertiary alicyclic amines) is 2. The molecule has 0 aromatic carbocycles. The van der Waals surface area contributed by atoms with Crippen LogP contribution >= 0.6 is 0 Å². The third-order valence-electron chi connectivity index (χ3n) is 4.46. The topological polar surface area (TPSA) is 18.5 Å². The Morgan fingerprint density at radius 2 is 1.94 bits per heavy atom. The molecule has 2 fully saturated rings. The third-order valence-corrected chi connectivity index (χ3v) is 4.46. The normalized spacial score (nSPS) is 32.3. The fourth-order valence-corrected chi connectivity index (χ4v) is 3.29. The molecular weight excluding hydrogens is 222 g/mol. The van der Waals surface area contributed by atoms with Crippen LogP contribution in [-0.4, -0.2) is 61.7 Å². The molecule has 0 amide bonds. The van der Waals surface area contributed by atoms with Crippen molar-refractivity contribution in [2.75, 3.05) is 39.8 Å². The van der Waals surface area contributed by atoms with Gasteiger partial charge in [0.2, 0.25) is 0 Å². The summed E-state index contributed by atoms with van der Waals surface area (Å²) < 4.78 is 0. The molecule has 2 heterocycles. The summed E-state index contributed by atoms with van der Waals surface area (Å²) in [6, 6.07) is 1.42. The molecule has 2 aliphatic rings. The van der Waals surface area contributed by atoms with Gasteiger partial charge in [0.25, 0.3) is 0 Å². The summed E-state index contributed by atoms with van der Waals surface area (Å²) in [5, 5.41) is 3.89. The van der Waals surface area contributed by atoms with Gasteiger partial charge in [-0.3, -0.25) is 4.90 Å². The highest BCUT2D eigenvalue weighted by atomic mass is 15.2. The van der Waals surface area contributed by atoms with Crippen LogP contribution in [0.15, 0.2) is 0 Å². The monoisotopic (exact) mass is 249 g/mol. The predicted molar refractivity (Wildman–Crippen MR) is 76.5 cm³/mol. The van der Waals surface area contributed by atoms with Crippen LogP contribution < -0.4 is 5.32 Å². The fourth-order valence-electron chi connectivity index (χ4n) is 3.29. The first-order valence-corrected chi connectivity index (χ1v) is 7.29. The van der Waals surface area contributed by atoms with Crippen molar-refractivity contribution in [1.82, 2.24) is 15.1 Å². The van der Waals surface area contributed by atoms with Gasteiger partial charge in [0, 0.05) is 31.7 Å². The zero-order valence-electron chi connectivity index (χ0n) is 11.9. The van der Waals surface area contributed by atoms with Gasteiger partial charge in [-0.2, -0.15) is 0 Å². The average molecular weight is 249 g/mol. The maximum absolute atomic E-state index is 5.36. The van der Waals surface area contributed by atoms with Crippen LogP contribution in [0.2, 0.25) is 0 Å². The van der Waals surface area contributed by atoms with Gasteiger partial charge in [-0.05, 0) is 38.8 Å². The lowest BCUT2D eigenvalue weighted by Crippen LogP contribution is -2.52. The maximum atomic E-state index is 5.36. The van der Waals surface area contributed by atoms with Gasteiger partial charge in [-0.15, -0.1) is 6.42 Å². The van der Waals surface area contributed by atoms with Gasteiger partial charge in [0.1, 0.15) is 0 Å². The van der Waals surface area contributed by atoms with E-state index >= 15 is 0 Å². The molecule has 2 atom stereocenters. The largest absolute Gasteiger partial charge is 0.311 e. The highest BCUT2D eigenvalue weighted by Gasteiger charge is 2.27. The Morgan fingerprint density at radius 1 is 1.22 bits per heavy atom. The fraction of sp³-hybridized carbons (Fsp3) is 0.867. The lowest BCUT2D eigenvalue weighted by atomic mass is 9.92. The van der Waals surface area contributed by atoms with E-state index in [1.165, 1.54) is 32.4 Å². The lowest BCUT2D eigenvalue weighted by Gasteiger charge is -2.39. The molecule has 102 valence electrons. The predicted octanol–water partition coefficient (Wildman–Crippen LogP) is 1.01. The van der Waals surface area contributed by atoms with Crippen molar-refractivity contribution in [2.45, 2.75) is 38.3 Å². The second kappa shape index (κ2) is 6.56. The summed E-state index contributed by atoms with van der Waals surface area (Å²) in [7, 11) is 2.23. The van der Waals surface area contributed by atoms with Gasteiger partial charge in [0.05, 0.1) is 6.54 Å². The summed E-state index contributed by atoms with van der Waals surface area (Å²) in [5.41, 5.74) is 0. The highest BCUT2D eigenvalue weighted by molar-refractivity contribution is 4.91. The van der Waals surface area contributed by atoms with E-state index in [1.54, 1.807) is 0 Å². The summed E-state index contributed by atoms with van der Waals surface area (Å²) in [5.74, 6) is 3.52. The highest BCUT2D eigenvalue weighted by Crippen LogP contribution is 2.18. The first-order chi connectivity index (χ1) is 8.69. The maximum Gasteiger partial charge on any atom is 0.0598 e. The van der Waals surface area contributed by atoms with Crippen LogP contribution in [0.5, 0.6) is 0 Å². The SMILES string of the molecule is C#CCN1CCC(NC2CCN(C)CC2C)CC1. The Morgan fingerprint density at radius 3 is 2.56 bits per heavy atom. The molecule has 0 spiro atoms. The van der Waals surface area contributed by atoms with E-state index < -0.39 is 0 Å². The third kappa shape index (κ3) is 3.71. The van der Waals surface area contributed by atoms with Crippen LogP contribution in [0.4, 0.5) is 0 Å². The quantitative estimate of drug-likeness (QED) is 0.753. The summed E-state index contributed by atoms with van der Waals surface area (Å²) in [6.45, 7) is 7.97. The minimum Gasteiger partial charge on any atom is -0.311 e. The molecule has 0 saturated carbocycles. The van der Waals surface area contributed by atoms with E-state index in [4.69, 9.17) is 6.42 Å². The molecule has 3 nitrogen and oxygen atoms in total. The molecule has 2 unspecified atom stereocenters. The Labute approximate surface area is 112 Å². The Hall–Kier alpha value is -0.560. The number of rotatable bonds is 3. The molecule has 1 N–H and O–H groups in total. The standard InChI is InChI=1S/C15H27N3/c1-4-8-18-10-5-14(6-11-18)16-15-7-9-17(3)12-13(15)2/h1,13-16H,5-12H2,2-3H3. The number of nitrogens with zero attached hydrogens (tertiary/aromatic N) is 2. The van der Waals surface area contributed by atoms with Crippen molar-refractivity contribution in [3.05, 3.63) is 0 Å². The van der Waals surface area contributed by atoms with Crippen molar-refractivity contribution < 1.29 is 0 Å². The van der Waals surface area contributed by atoms with Crippen LogP contribution in [0.1, 0.15) is 26.2 Å². The van der Waals surface area contributed by atoms with E-state index in [1.807, 2.05) is 0 Å². The number of hydrogen-bond acceptors (Lipinski definition) is 3. The summed E-state index contributed by atoms with van der Waals surface area (Å²) >= 11 is 0. The Balaban J connectivity index is 1.73. The number of nitrogens with one attached hydrogen (secondary N) is 1. The minimum atomic E-state index is 0.704. The van der Waals surface area contributed by atoms with Crippen LogP contribution in [0.3, 0.4) is 0 Å². The first kappa shape index (κ1) is 13.9. The first-order valence-electron chi connectivity index (χ1n) is 7.29. The van der Waals surface area contributed by atoms with Crippen LogP contribution in [0, 0.1) is 18.3 Å². The number of terminal acetylenes is 1. The minimum absolute atomic E-state index is 0.704. The van der Waals surface area contributed by atoms with E-state index in [-0.39, 0.29) is 0 Å². The van der Waals surface area contributed by atoms with Crippen molar-refractivity contribution in [3.63, 3.8) is 0 Å². The molecule has 2 aliphatic heterocycles. The second-order valence-electron chi connectivity index (χ2n) is 6.06. The van der Waals surface area contributed by atoms with Gasteiger partial charge < -0.3 is 10.2 Å². The zero-order valence-corrected chi connectivity index (χ0v) is 11.9. The molecule has 2 rings (SSSR count). The van der Waals surface area contributed by atoms with Crippen molar-refractivity contribution in [2.24, 2.45) is 5.92 Å². The second-order valence-corrected chi connectivity index (χ2v) is 6.06. The average Bonchev–Trinajstić information content (AvgIpc) is 2.35. The van der Waals surface area contributed by atoms with Crippen molar-refractivity contribution in [3.8, 4) is 12.3 Å². The van der Waals surface area contributed by atoms with E-state index in [2.05, 4.69) is 35.0 Å². The smallest absolute Gasteiger partial charge is 0.0598 e. The van der Waals surface area contributed by atoms with Gasteiger partial charge in [-0.25, -0.2) is 0 Å². The molecule has 0 aromatic heterocycles. The van der Waals surface area contributed by atoms with Gasteiger partial charge in [0.15, 0.2) is 0 Å². The van der Waals surface area contributed by atoms with E-state index in [9.17, 15) is 0 Å². The number of piperidine rings is 2. The molecule has 0 aromatic rings. The summed E-state index contributed by atoms with van der Waals surface area (Å²) in [4.78, 5) is 4.83. The molecule has 18 heavy (non-hydrogen) atoms. The molecular formula is C15H27N3. The van der Waals surface area contributed by atoms with E-state index in [0.717, 1.165) is 25.6 Å². The van der Waals surface area contributed by atoms with Crippen molar-refractivity contribution in [1.29, 1.82) is 0 Å². The van der Waals surface area contributed by atoms with Gasteiger partial charge >= 0.3 is 0 Å². The molecule has 0 bridgehead atoms. The Kier molecular flexibility index (Phi) is 5.05. The molecule has 0 aliphatic carbocycles. The van der Waals surface area contributed by atoms with Gasteiger partial charge in [-0.1, -0.05) is 12.8 Å². The Bertz CT molecular complexity index is 289. The molecule has 3 heteroatoms. The summed E-state index contributed by atoms with van der Waals surface area (Å²) in [6.07, 6.45) is 9.16.